The molecule has 4 aromatic rings. The van der Waals surface area contributed by atoms with Crippen LogP contribution in [0.4, 0.5) is 10.1 Å². The van der Waals surface area contributed by atoms with Gasteiger partial charge in [-0.25, -0.2) is 12.8 Å². The van der Waals surface area contributed by atoms with Crippen LogP contribution in [0.5, 0.6) is 5.75 Å². The van der Waals surface area contributed by atoms with Crippen LogP contribution in [0.3, 0.4) is 0 Å². The van der Waals surface area contributed by atoms with Crippen molar-refractivity contribution >= 4 is 32.4 Å². The van der Waals surface area contributed by atoms with E-state index in [2.05, 4.69) is 5.32 Å². The van der Waals surface area contributed by atoms with E-state index in [4.69, 9.17) is 4.74 Å². The molecule has 174 valence electrons. The summed E-state index contributed by atoms with van der Waals surface area (Å²) in [5, 5.41) is 4.83. The van der Waals surface area contributed by atoms with E-state index in [0.717, 1.165) is 27.2 Å². The Bertz CT molecular complexity index is 1380. The number of fused-ring (bicyclic) bond motifs is 1. The minimum absolute atomic E-state index is 0.0340. The Kier molecular flexibility index (Phi) is 7.08. The van der Waals surface area contributed by atoms with Crippen LogP contribution < -0.4 is 14.4 Å². The lowest BCUT2D eigenvalue weighted by molar-refractivity contribution is -0.119. The van der Waals surface area contributed by atoms with Crippen molar-refractivity contribution < 1.29 is 22.3 Å². The number of ether oxygens (including phenoxy) is 1. The van der Waals surface area contributed by atoms with Crippen molar-refractivity contribution in [3.63, 3.8) is 0 Å². The van der Waals surface area contributed by atoms with Crippen molar-refractivity contribution in [1.29, 1.82) is 0 Å². The first kappa shape index (κ1) is 23.3. The predicted molar refractivity (Wildman–Crippen MR) is 130 cm³/mol. The number of carbonyl (C=O) groups excluding carboxylic acids is 1. The highest BCUT2D eigenvalue weighted by Crippen LogP contribution is 2.24. The van der Waals surface area contributed by atoms with Crippen LogP contribution in [0, 0.1) is 5.82 Å². The first-order valence-electron chi connectivity index (χ1n) is 10.7. The summed E-state index contributed by atoms with van der Waals surface area (Å²) in [4.78, 5) is 12.6. The average Bonchev–Trinajstić information content (AvgIpc) is 2.86. The molecule has 6 nitrogen and oxygen atoms in total. The highest BCUT2D eigenvalue weighted by atomic mass is 32.2. The van der Waals surface area contributed by atoms with Gasteiger partial charge in [-0.05, 0) is 59.3 Å². The third-order valence-corrected chi connectivity index (χ3v) is 6.93. The van der Waals surface area contributed by atoms with E-state index >= 15 is 0 Å². The van der Waals surface area contributed by atoms with Gasteiger partial charge in [-0.1, -0.05) is 48.5 Å². The Morgan fingerprint density at radius 2 is 1.53 bits per heavy atom. The molecule has 0 radical (unpaired) electrons. The van der Waals surface area contributed by atoms with E-state index in [9.17, 15) is 17.6 Å². The molecule has 34 heavy (non-hydrogen) atoms. The molecule has 0 unspecified atom stereocenters. The molecule has 0 fully saturated rings. The van der Waals surface area contributed by atoms with Gasteiger partial charge in [0.05, 0.1) is 17.1 Å². The quantitative estimate of drug-likeness (QED) is 0.363. The van der Waals surface area contributed by atoms with E-state index in [1.54, 1.807) is 18.2 Å². The number of benzene rings is 4. The zero-order chi connectivity index (χ0) is 24.0. The number of halogens is 1. The SMILES string of the molecule is O=C(CN(c1ccc(F)cc1)S(=O)(=O)c1ccccc1)NCCOc1ccc2ccccc2c1. The maximum Gasteiger partial charge on any atom is 0.264 e. The summed E-state index contributed by atoms with van der Waals surface area (Å²) >= 11 is 0. The number of carbonyl (C=O) groups is 1. The minimum atomic E-state index is -4.04. The van der Waals surface area contributed by atoms with Crippen molar-refractivity contribution in [2.75, 3.05) is 24.0 Å². The van der Waals surface area contributed by atoms with Gasteiger partial charge in [-0.2, -0.15) is 0 Å². The zero-order valence-corrected chi connectivity index (χ0v) is 19.0. The summed E-state index contributed by atoms with van der Waals surface area (Å²) in [5.41, 5.74) is 0.188. The topological polar surface area (TPSA) is 75.7 Å². The number of rotatable bonds is 9. The second-order valence-corrected chi connectivity index (χ2v) is 9.37. The monoisotopic (exact) mass is 478 g/mol. The molecule has 0 aliphatic heterocycles. The van der Waals surface area contributed by atoms with Gasteiger partial charge >= 0.3 is 0 Å². The van der Waals surface area contributed by atoms with Crippen LogP contribution in [0.1, 0.15) is 0 Å². The molecule has 0 aromatic heterocycles. The van der Waals surface area contributed by atoms with Gasteiger partial charge in [-0.15, -0.1) is 0 Å². The molecule has 0 aliphatic rings. The largest absolute Gasteiger partial charge is 0.492 e. The van der Waals surface area contributed by atoms with Crippen molar-refractivity contribution in [2.45, 2.75) is 4.90 Å². The van der Waals surface area contributed by atoms with Gasteiger partial charge in [0.15, 0.2) is 0 Å². The Morgan fingerprint density at radius 3 is 2.26 bits per heavy atom. The van der Waals surface area contributed by atoms with Crippen molar-refractivity contribution in [2.24, 2.45) is 0 Å². The van der Waals surface area contributed by atoms with Crippen LogP contribution in [0.25, 0.3) is 10.8 Å². The van der Waals surface area contributed by atoms with Gasteiger partial charge in [0, 0.05) is 0 Å². The molecule has 0 saturated heterocycles. The van der Waals surface area contributed by atoms with Crippen LogP contribution in [-0.4, -0.2) is 34.0 Å². The van der Waals surface area contributed by atoms with Gasteiger partial charge in [0.1, 0.15) is 24.7 Å². The minimum Gasteiger partial charge on any atom is -0.492 e. The maximum atomic E-state index is 13.4. The highest BCUT2D eigenvalue weighted by Gasteiger charge is 2.27. The van der Waals surface area contributed by atoms with Crippen molar-refractivity contribution in [1.82, 2.24) is 5.32 Å². The molecule has 0 bridgehead atoms. The van der Waals surface area contributed by atoms with Crippen LogP contribution in [0.2, 0.25) is 0 Å². The molecule has 1 N–H and O–H groups in total. The van der Waals surface area contributed by atoms with Gasteiger partial charge < -0.3 is 10.1 Å². The molecule has 0 heterocycles. The lowest BCUT2D eigenvalue weighted by atomic mass is 10.1. The fraction of sp³-hybridized carbons (Fsp3) is 0.115. The van der Waals surface area contributed by atoms with E-state index in [1.807, 2.05) is 42.5 Å². The van der Waals surface area contributed by atoms with E-state index < -0.39 is 28.3 Å². The maximum absolute atomic E-state index is 13.4. The van der Waals surface area contributed by atoms with Gasteiger partial charge in [0.25, 0.3) is 10.0 Å². The average molecular weight is 479 g/mol. The molecule has 0 atom stereocenters. The molecular weight excluding hydrogens is 455 g/mol. The molecule has 0 aliphatic carbocycles. The summed E-state index contributed by atoms with van der Waals surface area (Å²) < 4.78 is 46.5. The highest BCUT2D eigenvalue weighted by molar-refractivity contribution is 7.92. The van der Waals surface area contributed by atoms with Crippen LogP contribution in [-0.2, 0) is 14.8 Å². The number of amides is 1. The number of nitrogens with zero attached hydrogens (tertiary/aromatic N) is 1. The molecule has 4 rings (SSSR count). The first-order valence-corrected chi connectivity index (χ1v) is 12.1. The third kappa shape index (κ3) is 5.52. The number of hydrogen-bond donors (Lipinski definition) is 1. The zero-order valence-electron chi connectivity index (χ0n) is 18.2. The van der Waals surface area contributed by atoms with Gasteiger partial charge in [0.2, 0.25) is 5.91 Å². The molecular formula is C26H23FN2O4S. The summed E-state index contributed by atoms with van der Waals surface area (Å²) in [6, 6.07) is 26.4. The Labute approximate surface area is 197 Å². The number of sulfonamides is 1. The number of hydrogen-bond acceptors (Lipinski definition) is 4. The first-order chi connectivity index (χ1) is 16.4. The van der Waals surface area contributed by atoms with E-state index in [-0.39, 0.29) is 23.7 Å². The summed E-state index contributed by atoms with van der Waals surface area (Å²) in [6.45, 7) is -0.0563. The standard InChI is InChI=1S/C26H23FN2O4S/c27-22-11-13-23(14-12-22)29(34(31,32)25-8-2-1-3-9-25)19-26(30)28-16-17-33-24-15-10-20-6-4-5-7-21(20)18-24/h1-15,18H,16-17,19H2,(H,28,30). The van der Waals surface area contributed by atoms with E-state index in [1.165, 1.54) is 24.3 Å². The summed E-state index contributed by atoms with van der Waals surface area (Å²) in [5.74, 6) is -0.338. The normalized spacial score (nSPS) is 11.2. The smallest absolute Gasteiger partial charge is 0.264 e. The predicted octanol–water partition coefficient (Wildman–Crippen LogP) is 4.37. The summed E-state index contributed by atoms with van der Waals surface area (Å²) in [6.07, 6.45) is 0. The van der Waals surface area contributed by atoms with E-state index in [0.29, 0.717) is 5.75 Å². The number of anilines is 1. The fourth-order valence-electron chi connectivity index (χ4n) is 3.44. The molecule has 0 spiro atoms. The Balaban J connectivity index is 1.40. The molecule has 4 aromatic carbocycles. The van der Waals surface area contributed by atoms with Crippen molar-refractivity contribution in [3.05, 3.63) is 103 Å². The molecule has 1 amide bonds. The Hall–Kier alpha value is -3.91. The van der Waals surface area contributed by atoms with Gasteiger partial charge in [-0.3, -0.25) is 9.10 Å². The molecule has 0 saturated carbocycles. The van der Waals surface area contributed by atoms with Crippen LogP contribution >= 0.6 is 0 Å². The second-order valence-electron chi connectivity index (χ2n) is 7.51. The lowest BCUT2D eigenvalue weighted by Gasteiger charge is -2.24. The fourth-order valence-corrected chi connectivity index (χ4v) is 4.89. The van der Waals surface area contributed by atoms with Crippen LogP contribution in [0.15, 0.2) is 102 Å². The Morgan fingerprint density at radius 1 is 0.853 bits per heavy atom. The molecule has 8 heteroatoms. The lowest BCUT2D eigenvalue weighted by Crippen LogP contribution is -2.41. The summed E-state index contributed by atoms with van der Waals surface area (Å²) in [7, 11) is -4.04. The third-order valence-electron chi connectivity index (χ3n) is 5.15. The number of nitrogens with one attached hydrogen (secondary N) is 1. The second kappa shape index (κ2) is 10.4. The van der Waals surface area contributed by atoms with Crippen molar-refractivity contribution in [3.8, 4) is 5.75 Å².